The maximum atomic E-state index is 10.6. The highest BCUT2D eigenvalue weighted by molar-refractivity contribution is 5.89. The van der Waals surface area contributed by atoms with Crippen LogP contribution in [0.2, 0.25) is 0 Å². The summed E-state index contributed by atoms with van der Waals surface area (Å²) in [5.74, 6) is -0.902. The van der Waals surface area contributed by atoms with Crippen LogP contribution >= 0.6 is 0 Å². The van der Waals surface area contributed by atoms with Crippen molar-refractivity contribution < 1.29 is 9.90 Å². The van der Waals surface area contributed by atoms with Crippen molar-refractivity contribution in [3.63, 3.8) is 0 Å². The van der Waals surface area contributed by atoms with E-state index in [0.29, 0.717) is 11.6 Å². The van der Waals surface area contributed by atoms with Crippen LogP contribution in [0.25, 0.3) is 0 Å². The van der Waals surface area contributed by atoms with E-state index in [4.69, 9.17) is 5.11 Å². The molecule has 15 heavy (non-hydrogen) atoms. The van der Waals surface area contributed by atoms with Gasteiger partial charge in [-0.1, -0.05) is 19.1 Å². The molecule has 0 aliphatic carbocycles. The van der Waals surface area contributed by atoms with Gasteiger partial charge < -0.3 is 5.11 Å². The average Bonchev–Trinajstić information content (AvgIpc) is 2.26. The molecule has 0 heterocycles. The van der Waals surface area contributed by atoms with E-state index in [-0.39, 0.29) is 0 Å². The highest BCUT2D eigenvalue weighted by atomic mass is 16.4. The van der Waals surface area contributed by atoms with E-state index in [1.807, 2.05) is 6.92 Å². The summed E-state index contributed by atoms with van der Waals surface area (Å²) in [5, 5.41) is 8.70. The average molecular weight is 205 g/mol. The standard InChI is InChI=1S/C12H15NO2/c1-3-9(2)13-8-10-4-6-11(7-5-10)12(14)15/h4-9H,3H2,1-2H3,(H,14,15). The lowest BCUT2D eigenvalue weighted by Gasteiger charge is -2.00. The molecule has 0 saturated heterocycles. The van der Waals surface area contributed by atoms with Crippen molar-refractivity contribution >= 4 is 12.2 Å². The topological polar surface area (TPSA) is 49.7 Å². The van der Waals surface area contributed by atoms with Gasteiger partial charge in [0.2, 0.25) is 0 Å². The number of carbonyl (C=O) groups is 1. The summed E-state index contributed by atoms with van der Waals surface area (Å²) >= 11 is 0. The van der Waals surface area contributed by atoms with Gasteiger partial charge in [-0.3, -0.25) is 4.99 Å². The molecule has 0 fully saturated rings. The Hall–Kier alpha value is -1.64. The molecular formula is C12H15NO2. The minimum absolute atomic E-state index is 0.302. The van der Waals surface area contributed by atoms with Crippen molar-refractivity contribution in [2.24, 2.45) is 4.99 Å². The Morgan fingerprint density at radius 2 is 2.07 bits per heavy atom. The van der Waals surface area contributed by atoms with Gasteiger partial charge in [0.1, 0.15) is 0 Å². The van der Waals surface area contributed by atoms with Gasteiger partial charge in [-0.05, 0) is 31.0 Å². The minimum Gasteiger partial charge on any atom is -0.478 e. The lowest BCUT2D eigenvalue weighted by atomic mass is 10.1. The van der Waals surface area contributed by atoms with E-state index in [0.717, 1.165) is 12.0 Å². The van der Waals surface area contributed by atoms with Crippen molar-refractivity contribution in [3.05, 3.63) is 35.4 Å². The number of hydrogen-bond donors (Lipinski definition) is 1. The van der Waals surface area contributed by atoms with Crippen LogP contribution in [0.5, 0.6) is 0 Å². The third-order valence-corrected chi connectivity index (χ3v) is 2.23. The zero-order valence-electron chi connectivity index (χ0n) is 8.97. The molecule has 0 aliphatic heterocycles. The fourth-order valence-corrected chi connectivity index (χ4v) is 1.03. The summed E-state index contributed by atoms with van der Waals surface area (Å²) in [4.78, 5) is 14.9. The number of aromatic carboxylic acids is 1. The van der Waals surface area contributed by atoms with Crippen LogP contribution in [0.3, 0.4) is 0 Å². The molecule has 0 bridgehead atoms. The number of carboxylic acids is 1. The number of benzene rings is 1. The fraction of sp³-hybridized carbons (Fsp3) is 0.333. The Labute approximate surface area is 89.5 Å². The van der Waals surface area contributed by atoms with Gasteiger partial charge in [0.05, 0.1) is 5.56 Å². The van der Waals surface area contributed by atoms with Crippen LogP contribution in [0.15, 0.2) is 29.3 Å². The molecule has 0 aliphatic rings. The molecule has 1 atom stereocenters. The quantitative estimate of drug-likeness (QED) is 0.768. The molecular weight excluding hydrogens is 190 g/mol. The zero-order valence-corrected chi connectivity index (χ0v) is 8.97. The molecule has 3 nitrogen and oxygen atoms in total. The number of hydrogen-bond acceptors (Lipinski definition) is 2. The predicted molar refractivity (Wildman–Crippen MR) is 60.7 cm³/mol. The maximum absolute atomic E-state index is 10.6. The molecule has 0 spiro atoms. The summed E-state index contributed by atoms with van der Waals surface area (Å²) in [6.45, 7) is 4.12. The Bertz CT molecular complexity index is 354. The van der Waals surface area contributed by atoms with Crippen LogP contribution < -0.4 is 0 Å². The second-order valence-electron chi connectivity index (χ2n) is 3.46. The van der Waals surface area contributed by atoms with Crippen LogP contribution in [0.1, 0.15) is 36.2 Å². The molecule has 1 rings (SSSR count). The van der Waals surface area contributed by atoms with Gasteiger partial charge in [0.25, 0.3) is 0 Å². The third kappa shape index (κ3) is 3.54. The molecule has 80 valence electrons. The second kappa shape index (κ2) is 5.29. The molecule has 0 amide bonds. The van der Waals surface area contributed by atoms with Gasteiger partial charge >= 0.3 is 5.97 Å². The largest absolute Gasteiger partial charge is 0.478 e. The lowest BCUT2D eigenvalue weighted by Crippen LogP contribution is -1.97. The number of nitrogens with zero attached hydrogens (tertiary/aromatic N) is 1. The summed E-state index contributed by atoms with van der Waals surface area (Å²) in [5.41, 5.74) is 1.23. The first-order valence-corrected chi connectivity index (χ1v) is 5.00. The minimum atomic E-state index is -0.902. The van der Waals surface area contributed by atoms with E-state index >= 15 is 0 Å². The summed E-state index contributed by atoms with van der Waals surface area (Å²) in [6, 6.07) is 7.00. The molecule has 0 aromatic heterocycles. The Morgan fingerprint density at radius 1 is 1.47 bits per heavy atom. The summed E-state index contributed by atoms with van der Waals surface area (Å²) in [7, 11) is 0. The second-order valence-corrected chi connectivity index (χ2v) is 3.46. The summed E-state index contributed by atoms with van der Waals surface area (Å²) < 4.78 is 0. The van der Waals surface area contributed by atoms with E-state index < -0.39 is 5.97 Å². The van der Waals surface area contributed by atoms with Crippen LogP contribution in [-0.4, -0.2) is 23.3 Å². The van der Waals surface area contributed by atoms with Crippen molar-refractivity contribution in [1.82, 2.24) is 0 Å². The fourth-order valence-electron chi connectivity index (χ4n) is 1.03. The third-order valence-electron chi connectivity index (χ3n) is 2.23. The Balaban J connectivity index is 2.72. The van der Waals surface area contributed by atoms with Gasteiger partial charge in [0.15, 0.2) is 0 Å². The van der Waals surface area contributed by atoms with E-state index in [2.05, 4.69) is 11.9 Å². The van der Waals surface area contributed by atoms with Crippen molar-refractivity contribution in [2.45, 2.75) is 26.3 Å². The van der Waals surface area contributed by atoms with Crippen molar-refractivity contribution in [2.75, 3.05) is 0 Å². The highest BCUT2D eigenvalue weighted by Crippen LogP contribution is 2.03. The van der Waals surface area contributed by atoms with Gasteiger partial charge in [0, 0.05) is 12.3 Å². The normalized spacial score (nSPS) is 12.9. The van der Waals surface area contributed by atoms with E-state index in [1.165, 1.54) is 0 Å². The molecule has 3 heteroatoms. The molecule has 1 N–H and O–H groups in total. The monoisotopic (exact) mass is 205 g/mol. The first-order chi connectivity index (χ1) is 7.13. The Kier molecular flexibility index (Phi) is 4.03. The molecule has 1 unspecified atom stereocenters. The van der Waals surface area contributed by atoms with Gasteiger partial charge in [-0.15, -0.1) is 0 Å². The first kappa shape index (κ1) is 11.4. The van der Waals surface area contributed by atoms with E-state index in [9.17, 15) is 4.79 Å². The van der Waals surface area contributed by atoms with Crippen LogP contribution in [-0.2, 0) is 0 Å². The zero-order chi connectivity index (χ0) is 11.3. The van der Waals surface area contributed by atoms with Crippen molar-refractivity contribution in [1.29, 1.82) is 0 Å². The number of aliphatic imine (C=N–C) groups is 1. The Morgan fingerprint density at radius 3 is 2.53 bits per heavy atom. The van der Waals surface area contributed by atoms with Crippen LogP contribution in [0, 0.1) is 0 Å². The molecule has 0 saturated carbocycles. The number of carboxylic acid groups (broad SMARTS) is 1. The van der Waals surface area contributed by atoms with Crippen LogP contribution in [0.4, 0.5) is 0 Å². The first-order valence-electron chi connectivity index (χ1n) is 5.00. The number of rotatable bonds is 4. The SMILES string of the molecule is CCC(C)N=Cc1ccc(C(=O)O)cc1. The van der Waals surface area contributed by atoms with Gasteiger partial charge in [-0.25, -0.2) is 4.79 Å². The smallest absolute Gasteiger partial charge is 0.335 e. The predicted octanol–water partition coefficient (Wildman–Crippen LogP) is 2.60. The molecule has 0 radical (unpaired) electrons. The highest BCUT2D eigenvalue weighted by Gasteiger charge is 2.00. The lowest BCUT2D eigenvalue weighted by molar-refractivity contribution is 0.0697. The van der Waals surface area contributed by atoms with Crippen molar-refractivity contribution in [3.8, 4) is 0 Å². The van der Waals surface area contributed by atoms with Gasteiger partial charge in [-0.2, -0.15) is 0 Å². The maximum Gasteiger partial charge on any atom is 0.335 e. The molecule has 1 aromatic carbocycles. The molecule has 1 aromatic rings. The van der Waals surface area contributed by atoms with E-state index in [1.54, 1.807) is 30.5 Å². The summed E-state index contributed by atoms with van der Waals surface area (Å²) in [6.07, 6.45) is 2.78.